The Balaban J connectivity index is 2.89. The number of rotatable bonds is 6. The molecule has 1 aromatic carbocycles. The van der Waals surface area contributed by atoms with E-state index in [1.165, 1.54) is 0 Å². The topological polar surface area (TPSA) is 72.6 Å². The molecular weight excluding hydrogens is 230 g/mol. The lowest BCUT2D eigenvalue weighted by Crippen LogP contribution is -2.12. The van der Waals surface area contributed by atoms with Crippen LogP contribution in [0.5, 0.6) is 5.75 Å². The summed E-state index contributed by atoms with van der Waals surface area (Å²) in [7, 11) is 0. The van der Waals surface area contributed by atoms with Gasteiger partial charge >= 0.3 is 0 Å². The molecule has 0 aliphatic carbocycles. The van der Waals surface area contributed by atoms with Crippen LogP contribution in [-0.2, 0) is 4.79 Å². The third-order valence-electron chi connectivity index (χ3n) is 2.89. The van der Waals surface area contributed by atoms with Crippen molar-refractivity contribution < 1.29 is 14.6 Å². The number of benzene rings is 1. The van der Waals surface area contributed by atoms with E-state index in [1.54, 1.807) is 0 Å². The Morgan fingerprint density at radius 2 is 2.06 bits per heavy atom. The van der Waals surface area contributed by atoms with Crippen molar-refractivity contribution in [3.63, 3.8) is 0 Å². The molecule has 1 amide bonds. The molecular formula is C14H21NO3. The van der Waals surface area contributed by atoms with E-state index < -0.39 is 12.0 Å². The van der Waals surface area contributed by atoms with E-state index in [9.17, 15) is 9.90 Å². The third kappa shape index (κ3) is 3.74. The first-order valence-electron chi connectivity index (χ1n) is 6.16. The van der Waals surface area contributed by atoms with Crippen LogP contribution in [-0.4, -0.2) is 17.6 Å². The molecule has 1 aromatic rings. The Labute approximate surface area is 108 Å². The molecule has 4 heteroatoms. The molecule has 1 rings (SSSR count). The normalized spacial score (nSPS) is 12.2. The molecule has 0 saturated heterocycles. The Bertz CT molecular complexity index is 429. The highest BCUT2D eigenvalue weighted by Gasteiger charge is 2.14. The van der Waals surface area contributed by atoms with Crippen molar-refractivity contribution in [2.24, 2.45) is 5.73 Å². The van der Waals surface area contributed by atoms with Gasteiger partial charge < -0.3 is 15.6 Å². The second-order valence-corrected chi connectivity index (χ2v) is 4.43. The number of aliphatic hydroxyl groups excluding tert-OH is 1. The van der Waals surface area contributed by atoms with Crippen molar-refractivity contribution in [1.82, 2.24) is 0 Å². The van der Waals surface area contributed by atoms with Gasteiger partial charge in [-0.25, -0.2) is 0 Å². The molecule has 0 aromatic heterocycles. The SMILES string of the molecule is CCOc1cc(C)c(C(O)CCC(N)=O)cc1C. The number of carbonyl (C=O) groups is 1. The molecule has 100 valence electrons. The number of carbonyl (C=O) groups excluding carboxylic acids is 1. The summed E-state index contributed by atoms with van der Waals surface area (Å²) in [5.41, 5.74) is 7.85. The van der Waals surface area contributed by atoms with Gasteiger partial charge in [-0.2, -0.15) is 0 Å². The van der Waals surface area contributed by atoms with Gasteiger partial charge in [-0.05, 0) is 56.0 Å². The molecule has 1 atom stereocenters. The zero-order chi connectivity index (χ0) is 13.7. The fourth-order valence-corrected chi connectivity index (χ4v) is 1.92. The number of nitrogens with two attached hydrogens (primary N) is 1. The third-order valence-corrected chi connectivity index (χ3v) is 2.89. The van der Waals surface area contributed by atoms with Crippen molar-refractivity contribution in [1.29, 1.82) is 0 Å². The highest BCUT2D eigenvalue weighted by Crippen LogP contribution is 2.28. The highest BCUT2D eigenvalue weighted by molar-refractivity contribution is 5.73. The summed E-state index contributed by atoms with van der Waals surface area (Å²) in [5.74, 6) is 0.440. The molecule has 0 spiro atoms. The molecule has 0 heterocycles. The Morgan fingerprint density at radius 3 is 2.61 bits per heavy atom. The van der Waals surface area contributed by atoms with Gasteiger partial charge in [0.1, 0.15) is 5.75 Å². The van der Waals surface area contributed by atoms with Crippen LogP contribution in [0.15, 0.2) is 12.1 Å². The van der Waals surface area contributed by atoms with E-state index in [0.29, 0.717) is 13.0 Å². The summed E-state index contributed by atoms with van der Waals surface area (Å²) in [6.45, 7) is 6.41. The number of aryl methyl sites for hydroxylation is 2. The van der Waals surface area contributed by atoms with E-state index in [4.69, 9.17) is 10.5 Å². The zero-order valence-corrected chi connectivity index (χ0v) is 11.2. The number of hydrogen-bond acceptors (Lipinski definition) is 3. The first-order valence-corrected chi connectivity index (χ1v) is 6.16. The maximum Gasteiger partial charge on any atom is 0.217 e. The van der Waals surface area contributed by atoms with Gasteiger partial charge in [0.2, 0.25) is 5.91 Å². The van der Waals surface area contributed by atoms with E-state index in [1.807, 2.05) is 32.9 Å². The van der Waals surface area contributed by atoms with Gasteiger partial charge in [-0.1, -0.05) is 0 Å². The van der Waals surface area contributed by atoms with Gasteiger partial charge in [-0.3, -0.25) is 4.79 Å². The number of aliphatic hydroxyl groups is 1. The lowest BCUT2D eigenvalue weighted by molar-refractivity contribution is -0.118. The van der Waals surface area contributed by atoms with Crippen molar-refractivity contribution in [2.45, 2.75) is 39.7 Å². The van der Waals surface area contributed by atoms with Gasteiger partial charge in [0.05, 0.1) is 12.7 Å². The van der Waals surface area contributed by atoms with E-state index >= 15 is 0 Å². The van der Waals surface area contributed by atoms with E-state index in [0.717, 1.165) is 22.4 Å². The van der Waals surface area contributed by atoms with Gasteiger partial charge in [-0.15, -0.1) is 0 Å². The number of hydrogen-bond donors (Lipinski definition) is 2. The quantitative estimate of drug-likeness (QED) is 0.812. The van der Waals surface area contributed by atoms with Crippen LogP contribution in [0.2, 0.25) is 0 Å². The first-order chi connectivity index (χ1) is 8.45. The molecule has 0 aliphatic rings. The molecule has 0 radical (unpaired) electrons. The average molecular weight is 251 g/mol. The predicted octanol–water partition coefficient (Wildman–Crippen LogP) is 2.00. The largest absolute Gasteiger partial charge is 0.494 e. The number of primary amides is 1. The van der Waals surface area contributed by atoms with Crippen molar-refractivity contribution in [3.8, 4) is 5.75 Å². The predicted molar refractivity (Wildman–Crippen MR) is 70.5 cm³/mol. The van der Waals surface area contributed by atoms with Crippen LogP contribution in [0.1, 0.15) is 42.6 Å². The smallest absolute Gasteiger partial charge is 0.217 e. The molecule has 1 unspecified atom stereocenters. The maximum atomic E-state index is 10.7. The van der Waals surface area contributed by atoms with Gasteiger partial charge in [0, 0.05) is 6.42 Å². The van der Waals surface area contributed by atoms with Crippen molar-refractivity contribution in [2.75, 3.05) is 6.61 Å². The Kier molecular flexibility index (Phi) is 5.16. The number of amides is 1. The summed E-state index contributed by atoms with van der Waals surface area (Å²) in [6, 6.07) is 3.83. The van der Waals surface area contributed by atoms with Crippen LogP contribution in [0.25, 0.3) is 0 Å². The zero-order valence-electron chi connectivity index (χ0n) is 11.2. The molecule has 0 fully saturated rings. The summed E-state index contributed by atoms with van der Waals surface area (Å²) in [5, 5.41) is 10.0. The van der Waals surface area contributed by atoms with Crippen molar-refractivity contribution >= 4 is 5.91 Å². The standard InChI is InChI=1S/C14H21NO3/c1-4-18-13-8-9(2)11(7-10(13)3)12(16)5-6-14(15)17/h7-8,12,16H,4-6H2,1-3H3,(H2,15,17). The fraction of sp³-hybridized carbons (Fsp3) is 0.500. The van der Waals surface area contributed by atoms with Crippen LogP contribution < -0.4 is 10.5 Å². The molecule has 4 nitrogen and oxygen atoms in total. The van der Waals surface area contributed by atoms with Crippen LogP contribution in [0.3, 0.4) is 0 Å². The summed E-state index contributed by atoms with van der Waals surface area (Å²) in [6.07, 6.45) is -0.122. The maximum absolute atomic E-state index is 10.7. The van der Waals surface area contributed by atoms with Crippen LogP contribution in [0.4, 0.5) is 0 Å². The minimum atomic E-state index is -0.660. The molecule has 3 N–H and O–H groups in total. The highest BCUT2D eigenvalue weighted by atomic mass is 16.5. The Hall–Kier alpha value is -1.55. The minimum Gasteiger partial charge on any atom is -0.494 e. The molecule has 0 aliphatic heterocycles. The monoisotopic (exact) mass is 251 g/mol. The van der Waals surface area contributed by atoms with Crippen LogP contribution in [0, 0.1) is 13.8 Å². The molecule has 0 saturated carbocycles. The lowest BCUT2D eigenvalue weighted by Gasteiger charge is -2.16. The van der Waals surface area contributed by atoms with Crippen molar-refractivity contribution in [3.05, 3.63) is 28.8 Å². The molecule has 0 bridgehead atoms. The second-order valence-electron chi connectivity index (χ2n) is 4.43. The van der Waals surface area contributed by atoms with Gasteiger partial charge in [0.25, 0.3) is 0 Å². The van der Waals surface area contributed by atoms with Crippen LogP contribution >= 0.6 is 0 Å². The second kappa shape index (κ2) is 6.40. The summed E-state index contributed by atoms with van der Waals surface area (Å²) >= 11 is 0. The van der Waals surface area contributed by atoms with Gasteiger partial charge in [0.15, 0.2) is 0 Å². The first kappa shape index (κ1) is 14.5. The molecule has 18 heavy (non-hydrogen) atoms. The average Bonchev–Trinajstić information content (AvgIpc) is 2.30. The Morgan fingerprint density at radius 1 is 1.39 bits per heavy atom. The summed E-state index contributed by atoms with van der Waals surface area (Å²) < 4.78 is 5.49. The van der Waals surface area contributed by atoms with E-state index in [2.05, 4.69) is 0 Å². The minimum absolute atomic E-state index is 0.187. The lowest BCUT2D eigenvalue weighted by atomic mass is 9.97. The van der Waals surface area contributed by atoms with E-state index in [-0.39, 0.29) is 6.42 Å². The fourth-order valence-electron chi connectivity index (χ4n) is 1.92. The summed E-state index contributed by atoms with van der Waals surface area (Å²) in [4.78, 5) is 10.7. The number of ether oxygens (including phenoxy) is 1.